The molecule has 31 heavy (non-hydrogen) atoms. The smallest absolute Gasteiger partial charge is 0.222 e. The van der Waals surface area contributed by atoms with Crippen LogP contribution in [0.4, 0.5) is 14.6 Å². The Bertz CT molecular complexity index is 1100. The van der Waals surface area contributed by atoms with E-state index in [0.717, 1.165) is 37.6 Å². The fraction of sp³-hybridized carbons (Fsp3) is 0.250. The molecular formula is C24H23F2N3O2. The number of rotatable bonds is 7. The zero-order valence-electron chi connectivity index (χ0n) is 16.9. The lowest BCUT2D eigenvalue weighted by atomic mass is 10.0. The monoisotopic (exact) mass is 423 g/mol. The number of phenolic OH excluding ortho intramolecular Hbond substituents is 1. The predicted octanol–water partition coefficient (Wildman–Crippen LogP) is 4.82. The third-order valence-corrected chi connectivity index (χ3v) is 5.29. The van der Waals surface area contributed by atoms with Gasteiger partial charge in [-0.25, -0.2) is 13.8 Å². The number of hydrogen-bond donors (Lipinski definition) is 2. The maximum Gasteiger partial charge on any atom is 0.222 e. The van der Waals surface area contributed by atoms with E-state index in [1.165, 1.54) is 0 Å². The van der Waals surface area contributed by atoms with E-state index in [1.54, 1.807) is 36.4 Å². The summed E-state index contributed by atoms with van der Waals surface area (Å²) < 4.78 is 28.2. The van der Waals surface area contributed by atoms with Crippen molar-refractivity contribution >= 4 is 11.7 Å². The Kier molecular flexibility index (Phi) is 6.11. The van der Waals surface area contributed by atoms with Gasteiger partial charge in [0.25, 0.3) is 0 Å². The summed E-state index contributed by atoms with van der Waals surface area (Å²) in [6, 6.07) is 13.3. The number of nitrogens with one attached hydrogen (secondary N) is 1. The normalized spacial score (nSPS) is 13.6. The maximum atomic E-state index is 14.4. The Morgan fingerprint density at radius 1 is 1.06 bits per heavy atom. The molecule has 2 N–H and O–H groups in total. The van der Waals surface area contributed by atoms with Crippen LogP contribution in [-0.2, 0) is 4.79 Å². The maximum absolute atomic E-state index is 14.4. The largest absolute Gasteiger partial charge is 0.508 e. The first-order valence-electron chi connectivity index (χ1n) is 10.3. The lowest BCUT2D eigenvalue weighted by Gasteiger charge is -2.16. The number of benzene rings is 2. The fourth-order valence-electron chi connectivity index (χ4n) is 3.74. The van der Waals surface area contributed by atoms with Gasteiger partial charge in [0, 0.05) is 37.2 Å². The highest BCUT2D eigenvalue weighted by molar-refractivity contribution is 5.78. The zero-order chi connectivity index (χ0) is 21.8. The van der Waals surface area contributed by atoms with Crippen LogP contribution in [0.25, 0.3) is 22.4 Å². The summed E-state index contributed by atoms with van der Waals surface area (Å²) in [6.45, 7) is 2.04. The van der Waals surface area contributed by atoms with E-state index in [-0.39, 0.29) is 17.2 Å². The molecule has 5 nitrogen and oxygen atoms in total. The highest BCUT2D eigenvalue weighted by Crippen LogP contribution is 2.31. The number of carbonyl (C=O) groups excluding carboxylic acids is 1. The minimum Gasteiger partial charge on any atom is -0.508 e. The van der Waals surface area contributed by atoms with Crippen molar-refractivity contribution in [2.75, 3.05) is 25.0 Å². The molecule has 1 amide bonds. The van der Waals surface area contributed by atoms with Gasteiger partial charge in [-0.1, -0.05) is 12.1 Å². The molecule has 0 saturated carbocycles. The van der Waals surface area contributed by atoms with Crippen molar-refractivity contribution in [3.8, 4) is 28.1 Å². The molecule has 160 valence electrons. The van der Waals surface area contributed by atoms with Crippen LogP contribution in [-0.4, -0.2) is 40.5 Å². The topological polar surface area (TPSA) is 65.5 Å². The van der Waals surface area contributed by atoms with Crippen LogP contribution in [0.1, 0.15) is 19.3 Å². The Morgan fingerprint density at radius 3 is 2.71 bits per heavy atom. The molecule has 1 fully saturated rings. The molecule has 1 aromatic heterocycles. The highest BCUT2D eigenvalue weighted by Gasteiger charge is 2.19. The number of phenols is 1. The third-order valence-electron chi connectivity index (χ3n) is 5.29. The van der Waals surface area contributed by atoms with Crippen LogP contribution in [0.15, 0.2) is 54.6 Å². The Balaban J connectivity index is 1.60. The van der Waals surface area contributed by atoms with Crippen molar-refractivity contribution in [3.05, 3.63) is 66.2 Å². The number of aromatic hydroxyl groups is 1. The number of hydrogen-bond acceptors (Lipinski definition) is 4. The van der Waals surface area contributed by atoms with Gasteiger partial charge in [-0.2, -0.15) is 0 Å². The number of amides is 1. The Morgan fingerprint density at radius 2 is 1.94 bits per heavy atom. The molecule has 1 aliphatic rings. The molecule has 0 spiro atoms. The van der Waals surface area contributed by atoms with Crippen LogP contribution in [0.2, 0.25) is 0 Å². The first kappa shape index (κ1) is 20.8. The van der Waals surface area contributed by atoms with Crippen molar-refractivity contribution in [2.24, 2.45) is 0 Å². The summed E-state index contributed by atoms with van der Waals surface area (Å²) in [6.07, 6.45) is 2.26. The molecular weight excluding hydrogens is 400 g/mol. The summed E-state index contributed by atoms with van der Waals surface area (Å²) in [5.74, 6) is -0.281. The van der Waals surface area contributed by atoms with Crippen molar-refractivity contribution < 1.29 is 18.7 Å². The number of nitrogens with zero attached hydrogens (tertiary/aromatic N) is 2. The van der Waals surface area contributed by atoms with E-state index in [2.05, 4.69) is 10.3 Å². The quantitative estimate of drug-likeness (QED) is 0.535. The molecule has 0 atom stereocenters. The SMILES string of the molecule is O=C1CCCN1CCCNc1cc(-c2cc(F)ccc2F)cc(-c2cccc(O)c2)n1. The lowest BCUT2D eigenvalue weighted by molar-refractivity contribution is -0.127. The third kappa shape index (κ3) is 4.99. The molecule has 0 bridgehead atoms. The molecule has 7 heteroatoms. The van der Waals surface area contributed by atoms with Gasteiger partial charge in [0.15, 0.2) is 0 Å². The molecule has 2 heterocycles. The fourth-order valence-corrected chi connectivity index (χ4v) is 3.74. The summed E-state index contributed by atoms with van der Waals surface area (Å²) in [5.41, 5.74) is 1.79. The number of aromatic nitrogens is 1. The van der Waals surface area contributed by atoms with Gasteiger partial charge in [0.2, 0.25) is 5.91 Å². The van der Waals surface area contributed by atoms with Gasteiger partial charge in [-0.3, -0.25) is 4.79 Å². The van der Waals surface area contributed by atoms with Crippen LogP contribution in [0.3, 0.4) is 0 Å². The molecule has 3 aromatic rings. The van der Waals surface area contributed by atoms with Gasteiger partial charge in [0.05, 0.1) is 5.69 Å². The first-order chi connectivity index (χ1) is 15.0. The number of halogens is 2. The predicted molar refractivity (Wildman–Crippen MR) is 116 cm³/mol. The molecule has 4 rings (SSSR count). The lowest BCUT2D eigenvalue weighted by Crippen LogP contribution is -2.27. The van der Waals surface area contributed by atoms with Crippen LogP contribution in [0, 0.1) is 11.6 Å². The van der Waals surface area contributed by atoms with Crippen molar-refractivity contribution in [1.29, 1.82) is 0 Å². The zero-order valence-corrected chi connectivity index (χ0v) is 16.9. The van der Waals surface area contributed by atoms with Gasteiger partial charge < -0.3 is 15.3 Å². The molecule has 1 saturated heterocycles. The van der Waals surface area contributed by atoms with E-state index in [4.69, 9.17) is 0 Å². The summed E-state index contributed by atoms with van der Waals surface area (Å²) >= 11 is 0. The van der Waals surface area contributed by atoms with E-state index in [0.29, 0.717) is 42.1 Å². The minimum atomic E-state index is -0.534. The summed E-state index contributed by atoms with van der Waals surface area (Å²) in [5, 5.41) is 13.0. The molecule has 0 unspecified atom stereocenters. The average Bonchev–Trinajstić information content (AvgIpc) is 3.17. The van der Waals surface area contributed by atoms with Gasteiger partial charge >= 0.3 is 0 Å². The highest BCUT2D eigenvalue weighted by atomic mass is 19.1. The number of pyridine rings is 1. The second-order valence-electron chi connectivity index (χ2n) is 7.57. The average molecular weight is 423 g/mol. The standard InChI is InChI=1S/C24H23F2N3O2/c25-18-7-8-21(26)20(15-18)17-13-22(16-4-1-5-19(30)12-16)28-23(14-17)27-9-3-11-29-10-2-6-24(29)31/h1,4-5,7-8,12-15,30H,2-3,6,9-11H2,(H,27,28). The van der Waals surface area contributed by atoms with E-state index >= 15 is 0 Å². The van der Waals surface area contributed by atoms with Crippen LogP contribution < -0.4 is 5.32 Å². The molecule has 1 aliphatic heterocycles. The number of anilines is 1. The van der Waals surface area contributed by atoms with Crippen molar-refractivity contribution in [3.63, 3.8) is 0 Å². The van der Waals surface area contributed by atoms with Gasteiger partial charge in [-0.15, -0.1) is 0 Å². The number of likely N-dealkylation sites (tertiary alicyclic amines) is 1. The van der Waals surface area contributed by atoms with Crippen LogP contribution in [0.5, 0.6) is 5.75 Å². The molecule has 0 aliphatic carbocycles. The van der Waals surface area contributed by atoms with E-state index in [9.17, 15) is 18.7 Å². The van der Waals surface area contributed by atoms with Gasteiger partial charge in [0.1, 0.15) is 23.2 Å². The first-order valence-corrected chi connectivity index (χ1v) is 10.3. The van der Waals surface area contributed by atoms with E-state index in [1.807, 2.05) is 4.90 Å². The van der Waals surface area contributed by atoms with E-state index < -0.39 is 11.6 Å². The Hall–Kier alpha value is -3.48. The Labute approximate surface area is 179 Å². The minimum absolute atomic E-state index is 0.0893. The van der Waals surface area contributed by atoms with Crippen molar-refractivity contribution in [2.45, 2.75) is 19.3 Å². The summed E-state index contributed by atoms with van der Waals surface area (Å²) in [4.78, 5) is 18.2. The molecule has 2 aromatic carbocycles. The molecule has 0 radical (unpaired) electrons. The van der Waals surface area contributed by atoms with Crippen molar-refractivity contribution in [1.82, 2.24) is 9.88 Å². The second kappa shape index (κ2) is 9.12. The summed E-state index contributed by atoms with van der Waals surface area (Å²) in [7, 11) is 0. The number of carbonyl (C=O) groups is 1. The second-order valence-corrected chi connectivity index (χ2v) is 7.57. The van der Waals surface area contributed by atoms with Gasteiger partial charge in [-0.05, 0) is 60.9 Å². The van der Waals surface area contributed by atoms with Crippen LogP contribution >= 0.6 is 0 Å².